The van der Waals surface area contributed by atoms with Crippen LogP contribution in [0.2, 0.25) is 0 Å². The van der Waals surface area contributed by atoms with Crippen LogP contribution in [-0.4, -0.2) is 23.3 Å². The summed E-state index contributed by atoms with van der Waals surface area (Å²) in [6.45, 7) is 0. The molecule has 0 spiro atoms. The molecule has 0 unspecified atom stereocenters. The fourth-order valence-corrected chi connectivity index (χ4v) is 15.3. The SMILES string of the molecule is N#Cc1ccc2c(c1)c1ccccc1n2-c1cccc(-c2c(C#N)c(-c3cccc(-n4c5ccccc5c5cc(C#N)ccc54)c3)c(-c3ccccn3)c(-c3cccc(-n4c5ccccc5c5cc(C#N)ccc54)c3)c2-c2cccc(-n3c4ccccc4c4cc(C#N)ccc43)c2)c1. The van der Waals surface area contributed by atoms with Crippen molar-refractivity contribution < 1.29 is 0 Å². The average molecular weight is 1250 g/mol. The number of nitrogens with zero attached hydrogens (tertiary/aromatic N) is 10. The Kier molecular flexibility index (Phi) is 12.9. The van der Waals surface area contributed by atoms with E-state index >= 15 is 0 Å². The number of benzene rings is 13. The van der Waals surface area contributed by atoms with Crippen molar-refractivity contribution in [1.82, 2.24) is 23.3 Å². The third kappa shape index (κ3) is 8.66. The molecule has 0 saturated heterocycles. The number of nitriles is 5. The number of aromatic nitrogens is 5. The van der Waals surface area contributed by atoms with Crippen molar-refractivity contribution >= 4 is 87.2 Å². The first-order chi connectivity index (χ1) is 48.4. The highest BCUT2D eigenvalue weighted by molar-refractivity contribution is 6.15. The first kappa shape index (κ1) is 56.4. The molecule has 0 aliphatic carbocycles. The first-order valence-electron chi connectivity index (χ1n) is 32.1. The van der Waals surface area contributed by atoms with Gasteiger partial charge in [-0.05, 0) is 186 Å². The van der Waals surface area contributed by atoms with Gasteiger partial charge in [-0.3, -0.25) is 4.98 Å². The van der Waals surface area contributed by atoms with Crippen LogP contribution >= 0.6 is 0 Å². The van der Waals surface area contributed by atoms with Crippen molar-refractivity contribution in [3.05, 3.63) is 319 Å². The molecule has 0 amide bonds. The molecule has 0 bridgehead atoms. The highest BCUT2D eigenvalue weighted by Crippen LogP contribution is 2.54. The average Bonchev–Trinajstić information content (AvgIpc) is 0.951. The molecule has 13 aromatic carbocycles. The van der Waals surface area contributed by atoms with Gasteiger partial charge in [0, 0.05) is 94.3 Å². The summed E-state index contributed by atoms with van der Waals surface area (Å²) in [7, 11) is 0. The summed E-state index contributed by atoms with van der Waals surface area (Å²) in [5.41, 5.74) is 21.2. The monoisotopic (exact) mass is 1240 g/mol. The molecule has 10 nitrogen and oxygen atoms in total. The largest absolute Gasteiger partial charge is 0.309 e. The Hall–Kier alpha value is -14.3. The van der Waals surface area contributed by atoms with Crippen LogP contribution in [0.3, 0.4) is 0 Å². The maximum atomic E-state index is 12.8. The van der Waals surface area contributed by atoms with Crippen LogP contribution in [0.15, 0.2) is 291 Å². The van der Waals surface area contributed by atoms with Crippen LogP contribution in [0, 0.1) is 56.7 Å². The molecule has 0 fully saturated rings. The number of rotatable bonds is 9. The standard InChI is InChI=1S/C88H48N10/c89-49-54-32-36-80-70(41-54)66-23-1-5-28-76(66)95(80)62-19-11-15-58(45-62)84-74(53-93)85(59-16-12-20-63(46-59)96-77-29-6-2-24-67(77)71-42-55(50-90)33-37-81(71)96)88(75-27-9-10-40-94-75)87(61-18-14-22-65(48-61)98-79-31-8-4-26-69(79)73-44-57(52-92)35-39-83(73)98)86(84)60-17-13-21-64(47-60)97-78-30-7-3-25-68(78)72-43-56(51-91)34-38-82(72)97/h1-48H. The Morgan fingerprint density at radius 2 is 0.510 bits per heavy atom. The van der Waals surface area contributed by atoms with E-state index in [4.69, 9.17) is 4.98 Å². The Balaban J connectivity index is 1.01. The highest BCUT2D eigenvalue weighted by atomic mass is 15.0. The van der Waals surface area contributed by atoms with Crippen molar-refractivity contribution in [3.8, 4) is 109 Å². The fraction of sp³-hybridized carbons (Fsp3) is 0. The smallest absolute Gasteiger partial charge is 0.100 e. The lowest BCUT2D eigenvalue weighted by molar-refractivity contribution is 1.18. The van der Waals surface area contributed by atoms with Crippen LogP contribution in [0.25, 0.3) is 166 Å². The fourth-order valence-electron chi connectivity index (χ4n) is 15.3. The maximum absolute atomic E-state index is 12.8. The third-order valence-corrected chi connectivity index (χ3v) is 19.3. The van der Waals surface area contributed by atoms with E-state index in [1.165, 1.54) is 0 Å². The van der Waals surface area contributed by atoms with E-state index in [9.17, 15) is 26.3 Å². The molecule has 450 valence electrons. The number of pyridine rings is 1. The van der Waals surface area contributed by atoms with Gasteiger partial charge in [-0.1, -0.05) is 127 Å². The number of fused-ring (bicyclic) bond motifs is 12. The normalized spacial score (nSPS) is 11.4. The lowest BCUT2D eigenvalue weighted by Gasteiger charge is -2.27. The predicted molar refractivity (Wildman–Crippen MR) is 392 cm³/mol. The molecular formula is C88H48N10. The van der Waals surface area contributed by atoms with Gasteiger partial charge in [0.2, 0.25) is 0 Å². The molecule has 98 heavy (non-hydrogen) atoms. The minimum atomic E-state index is 0.415. The molecule has 5 heterocycles. The summed E-state index contributed by atoms with van der Waals surface area (Å²) < 4.78 is 9.01. The Labute approximate surface area is 561 Å². The quantitative estimate of drug-likeness (QED) is 0.140. The van der Waals surface area contributed by atoms with Crippen LogP contribution in [0.5, 0.6) is 0 Å². The van der Waals surface area contributed by atoms with E-state index in [1.54, 1.807) is 0 Å². The third-order valence-electron chi connectivity index (χ3n) is 19.3. The van der Waals surface area contributed by atoms with Crippen molar-refractivity contribution in [3.63, 3.8) is 0 Å². The van der Waals surface area contributed by atoms with Crippen LogP contribution in [-0.2, 0) is 0 Å². The molecule has 0 atom stereocenters. The zero-order valence-electron chi connectivity index (χ0n) is 52.2. The van der Waals surface area contributed by atoms with Gasteiger partial charge in [0.1, 0.15) is 6.07 Å². The van der Waals surface area contributed by atoms with Gasteiger partial charge in [-0.2, -0.15) is 26.3 Å². The molecular weight excluding hydrogens is 1200 g/mol. The zero-order valence-corrected chi connectivity index (χ0v) is 52.2. The minimum Gasteiger partial charge on any atom is -0.309 e. The van der Waals surface area contributed by atoms with Crippen LogP contribution < -0.4 is 0 Å². The summed E-state index contributed by atoms with van der Waals surface area (Å²) in [4.78, 5) is 5.31. The van der Waals surface area contributed by atoms with Crippen LogP contribution in [0.4, 0.5) is 0 Å². The summed E-state index contributed by atoms with van der Waals surface area (Å²) in [6, 6.07) is 109. The van der Waals surface area contributed by atoms with E-state index in [2.05, 4.69) is 194 Å². The van der Waals surface area contributed by atoms with Crippen molar-refractivity contribution in [1.29, 1.82) is 26.3 Å². The Bertz CT molecular complexity index is 6700. The van der Waals surface area contributed by atoms with Gasteiger partial charge in [0.25, 0.3) is 0 Å². The summed E-state index contributed by atoms with van der Waals surface area (Å²) >= 11 is 0. The molecule has 0 radical (unpaired) electrons. The summed E-state index contributed by atoms with van der Waals surface area (Å²) in [5, 5.41) is 61.5. The van der Waals surface area contributed by atoms with Crippen molar-refractivity contribution in [2.24, 2.45) is 0 Å². The molecule has 0 saturated carbocycles. The molecule has 18 aromatic rings. The second kappa shape index (κ2) is 22.5. The molecule has 0 aliphatic heterocycles. The van der Waals surface area contributed by atoms with Crippen molar-refractivity contribution in [2.45, 2.75) is 0 Å². The van der Waals surface area contributed by atoms with Gasteiger partial charge in [0.05, 0.1) is 102 Å². The highest BCUT2D eigenvalue weighted by Gasteiger charge is 2.31. The second-order valence-electron chi connectivity index (χ2n) is 24.6. The van der Waals surface area contributed by atoms with E-state index < -0.39 is 0 Å². The van der Waals surface area contributed by atoms with Gasteiger partial charge < -0.3 is 18.3 Å². The van der Waals surface area contributed by atoms with E-state index in [-0.39, 0.29) is 0 Å². The lowest BCUT2D eigenvalue weighted by atomic mass is 9.76. The number of para-hydroxylation sites is 4. The van der Waals surface area contributed by atoms with E-state index in [1.807, 2.05) is 146 Å². The second-order valence-corrected chi connectivity index (χ2v) is 24.6. The zero-order chi connectivity index (χ0) is 65.7. The Morgan fingerprint density at radius 1 is 0.224 bits per heavy atom. The topological polar surface area (TPSA) is 152 Å². The minimum absolute atomic E-state index is 0.415. The van der Waals surface area contributed by atoms with Gasteiger partial charge >= 0.3 is 0 Å². The number of hydrogen-bond donors (Lipinski definition) is 0. The first-order valence-corrected chi connectivity index (χ1v) is 32.1. The van der Waals surface area contributed by atoms with Gasteiger partial charge in [-0.15, -0.1) is 0 Å². The Morgan fingerprint density at radius 3 is 0.816 bits per heavy atom. The maximum Gasteiger partial charge on any atom is 0.100 e. The van der Waals surface area contributed by atoms with Crippen LogP contribution in [0.1, 0.15) is 27.8 Å². The van der Waals surface area contributed by atoms with Gasteiger partial charge in [-0.25, -0.2) is 0 Å². The molecule has 10 heteroatoms. The number of hydrogen-bond acceptors (Lipinski definition) is 6. The molecule has 18 rings (SSSR count). The predicted octanol–water partition coefficient (Wildman–Crippen LogP) is 21.2. The molecule has 5 aromatic heterocycles. The van der Waals surface area contributed by atoms with Gasteiger partial charge in [0.15, 0.2) is 0 Å². The lowest BCUT2D eigenvalue weighted by Crippen LogP contribution is -2.05. The van der Waals surface area contributed by atoms with Crippen molar-refractivity contribution in [2.75, 3.05) is 0 Å². The molecule has 0 N–H and O–H groups in total. The summed E-state index contributed by atoms with van der Waals surface area (Å²) in [6.07, 6.45) is 1.81. The van der Waals surface area contributed by atoms with E-state index in [0.29, 0.717) is 44.6 Å². The van der Waals surface area contributed by atoms with E-state index in [0.717, 1.165) is 149 Å². The summed E-state index contributed by atoms with van der Waals surface area (Å²) in [5.74, 6) is 0. The molecule has 0 aliphatic rings.